The molecule has 4 fully saturated rings. The molecule has 0 saturated carbocycles. The molecule has 540 valence electrons. The van der Waals surface area contributed by atoms with Gasteiger partial charge in [-0.05, 0) is 42.4 Å². The molecule has 22 heteroatoms. The number of rotatable bonds is 32. The number of fused-ring (bicyclic) bond motifs is 1. The van der Waals surface area contributed by atoms with Gasteiger partial charge in [-0.3, -0.25) is 0 Å². The van der Waals surface area contributed by atoms with Gasteiger partial charge in [0.1, 0.15) is 6.61 Å². The molecule has 7 aromatic carbocycles. The van der Waals surface area contributed by atoms with Crippen molar-refractivity contribution in [3.05, 3.63) is 251 Å². The summed E-state index contributed by atoms with van der Waals surface area (Å²) in [6.07, 6.45) is -17.0. The van der Waals surface area contributed by atoms with Crippen LogP contribution < -0.4 is 0 Å². The van der Waals surface area contributed by atoms with Gasteiger partial charge < -0.3 is 14.2 Å². The average Bonchev–Trinajstić information content (AvgIpc) is 1.42. The fraction of sp³-hybridized carbons (Fsp3) is 0.412. The van der Waals surface area contributed by atoms with Crippen molar-refractivity contribution in [2.45, 2.75) is 186 Å². The molecule has 0 radical (unpaired) electrons. The summed E-state index contributed by atoms with van der Waals surface area (Å²) in [5.74, 6) is -4.17. The monoisotopic (exact) mass is 1520 g/mol. The third-order valence-electron chi connectivity index (χ3n) is 18.2. The number of carbonyl (C=O) groups is 5. The van der Waals surface area contributed by atoms with Crippen molar-refractivity contribution in [3.63, 3.8) is 0 Å². The van der Waals surface area contributed by atoms with Crippen molar-refractivity contribution in [1.82, 2.24) is 0 Å². The molecular formula is C80H92O20SiSn. The van der Waals surface area contributed by atoms with E-state index in [9.17, 15) is 14.4 Å². The summed E-state index contributed by atoms with van der Waals surface area (Å²) in [6.45, 7) is 12.5. The van der Waals surface area contributed by atoms with Crippen LogP contribution in [0.3, 0.4) is 0 Å². The number of benzene rings is 7. The molecule has 0 aromatic heterocycles. The van der Waals surface area contributed by atoms with Crippen LogP contribution in [0.15, 0.2) is 212 Å². The van der Waals surface area contributed by atoms with E-state index in [1.807, 2.05) is 60.7 Å². The van der Waals surface area contributed by atoms with E-state index in [1.54, 1.807) is 159 Å². The van der Waals surface area contributed by atoms with Gasteiger partial charge in [0.15, 0.2) is 0 Å². The zero-order chi connectivity index (χ0) is 71.4. The van der Waals surface area contributed by atoms with E-state index < -0.39 is 156 Å². The maximum atomic E-state index is 15.2. The van der Waals surface area contributed by atoms with E-state index in [2.05, 4.69) is 33.5 Å². The normalized spacial score (nSPS) is 26.0. The van der Waals surface area contributed by atoms with Gasteiger partial charge >= 0.3 is 417 Å². The average molecular weight is 1520 g/mol. The topological polar surface area (TPSA) is 224 Å². The van der Waals surface area contributed by atoms with E-state index >= 15 is 9.59 Å². The van der Waals surface area contributed by atoms with E-state index in [-0.39, 0.29) is 54.2 Å². The van der Waals surface area contributed by atoms with Crippen molar-refractivity contribution >= 4 is 57.1 Å². The molecule has 4 saturated heterocycles. The summed E-state index contributed by atoms with van der Waals surface area (Å²) in [6, 6.07) is 61.4. The number of hydrogen-bond donors (Lipinski definition) is 0. The van der Waals surface area contributed by atoms with Crippen LogP contribution in [0.25, 0.3) is 0 Å². The molecule has 0 aliphatic carbocycles. The van der Waals surface area contributed by atoms with Crippen LogP contribution in [0, 0.1) is 0 Å². The second-order valence-electron chi connectivity index (χ2n) is 27.1. The maximum absolute atomic E-state index is 15.2. The Morgan fingerprint density at radius 1 is 0.402 bits per heavy atom. The summed E-state index contributed by atoms with van der Waals surface area (Å²) in [5, 5.41) is 0. The van der Waals surface area contributed by atoms with Crippen molar-refractivity contribution in [1.29, 1.82) is 0 Å². The van der Waals surface area contributed by atoms with Crippen LogP contribution in [0.2, 0.25) is 34.6 Å². The Kier molecular flexibility index (Phi) is 27.3. The van der Waals surface area contributed by atoms with E-state index in [0.717, 1.165) is 45.7 Å². The van der Waals surface area contributed by atoms with Crippen LogP contribution >= 0.6 is 0 Å². The SMILES string of the molecule is CCC[CH2][Sn]1([CH2]CCC)[O][C@@H]2[C@H]([O]1)[C@@H](O[C@@H]1[C@@H](OC(=O)c3ccccc3)[C@@H](OC(=O)c3ccccc3)[C@H](O[C@H]3[C@@H](OC(=O)c4ccccc4)[C@@H](COC(=O)c4ccccc4)O[C@@H](OCC[Si](C)(C)C)[C@@H]3OC(=O)c3ccccc3)O[C@H]1C)O[C@H](COCc1ccccc1)[C@H]2OCc1ccccc1. The molecule has 0 unspecified atom stereocenters. The molecule has 0 N–H and O–H groups in total. The summed E-state index contributed by atoms with van der Waals surface area (Å²) in [7, 11) is -1.87. The fourth-order valence-corrected chi connectivity index (χ4v) is 25.1. The number of ether oxygens (including phenoxy) is 13. The molecule has 0 spiro atoms. The summed E-state index contributed by atoms with van der Waals surface area (Å²) in [4.78, 5) is 73.9. The first kappa shape index (κ1) is 75.7. The standard InChI is InChI=1S/C72H74O20Si.2C4H9.Sn/c1-46-58(91-70-57(74)56(73)59(82-43-48-28-14-6-15-29-48)54(85-70)44-80-42-47-26-12-5-13-27-47)61(88-67(77)51-34-20-9-21-35-51)64(90-69(79)53-38-24-11-25-39-53)72(84-46)92-62-60(87-66(76)50-32-18-8-19-33-50)55(45-83-65(75)49-30-16-7-17-31-49)86-71(81-40-41-93(2,3)4)63(62)89-68(78)52-36-22-10-23-37-52;2*1-3-4-2;/h5-39,46,54-64,70-72H,40-45H2,1-4H3;2*1,3-4H2,2H3;/q-2;;;+2/t46-,54+,55+,56+,57-,58-,59+,60-,61+,62-,63+,64+,70+,71+,72-;;;/m0.../s1. The Bertz CT molecular complexity index is 3740. The Hall–Kier alpha value is -7.49. The Labute approximate surface area is 602 Å². The molecule has 7 aromatic rings. The molecular weight excluding hydrogens is 1430 g/mol. The minimum atomic E-state index is -4.17. The van der Waals surface area contributed by atoms with Crippen LogP contribution in [-0.4, -0.2) is 169 Å². The quantitative estimate of drug-likeness (QED) is 0.0217. The minimum absolute atomic E-state index is 0.0238. The predicted molar refractivity (Wildman–Crippen MR) is 381 cm³/mol. The van der Waals surface area contributed by atoms with Crippen LogP contribution in [0.5, 0.6) is 0 Å². The van der Waals surface area contributed by atoms with Crippen molar-refractivity contribution in [3.8, 4) is 0 Å². The summed E-state index contributed by atoms with van der Waals surface area (Å²) >= 11 is -4.17. The van der Waals surface area contributed by atoms with Gasteiger partial charge in [-0.1, -0.05) is 80.3 Å². The Morgan fingerprint density at radius 3 is 1.28 bits per heavy atom. The van der Waals surface area contributed by atoms with Gasteiger partial charge in [-0.25, -0.2) is 14.4 Å². The zero-order valence-electron chi connectivity index (χ0n) is 58.5. The van der Waals surface area contributed by atoms with Crippen LogP contribution in [-0.2, 0) is 80.9 Å². The molecule has 11 rings (SSSR count). The van der Waals surface area contributed by atoms with E-state index in [0.29, 0.717) is 6.04 Å². The number of carbonyl (C=O) groups excluding carboxylic acids is 5. The van der Waals surface area contributed by atoms with Crippen molar-refractivity contribution in [2.75, 3.05) is 19.8 Å². The molecule has 15 atom stereocenters. The molecule has 0 bridgehead atoms. The van der Waals surface area contributed by atoms with Crippen LogP contribution in [0.4, 0.5) is 0 Å². The molecule has 0 amide bonds. The van der Waals surface area contributed by atoms with Gasteiger partial charge in [-0.15, -0.1) is 0 Å². The number of unbranched alkanes of at least 4 members (excludes halogenated alkanes) is 2. The zero-order valence-corrected chi connectivity index (χ0v) is 62.4. The second-order valence-corrected chi connectivity index (χ2v) is 42.2. The van der Waals surface area contributed by atoms with E-state index in [4.69, 9.17) is 67.7 Å². The van der Waals surface area contributed by atoms with Crippen LogP contribution in [0.1, 0.15) is 109 Å². The molecule has 4 aliphatic rings. The number of esters is 5. The van der Waals surface area contributed by atoms with Gasteiger partial charge in [0.2, 0.25) is 0 Å². The second kappa shape index (κ2) is 36.8. The van der Waals surface area contributed by atoms with Gasteiger partial charge in [0, 0.05) is 14.7 Å². The van der Waals surface area contributed by atoms with E-state index in [1.165, 1.54) is 0 Å². The molecule has 102 heavy (non-hydrogen) atoms. The molecule has 20 nitrogen and oxygen atoms in total. The van der Waals surface area contributed by atoms with Gasteiger partial charge in [-0.2, -0.15) is 0 Å². The number of hydrogen-bond acceptors (Lipinski definition) is 20. The predicted octanol–water partition coefficient (Wildman–Crippen LogP) is 13.7. The molecule has 4 aliphatic heterocycles. The Balaban J connectivity index is 1.04. The first-order valence-electron chi connectivity index (χ1n) is 35.3. The first-order valence-corrected chi connectivity index (χ1v) is 45.4. The Morgan fingerprint density at radius 2 is 0.804 bits per heavy atom. The van der Waals surface area contributed by atoms with Gasteiger partial charge in [0.05, 0.1) is 16.7 Å². The molecule has 4 heterocycles. The van der Waals surface area contributed by atoms with Crippen molar-refractivity contribution in [2.24, 2.45) is 0 Å². The van der Waals surface area contributed by atoms with Gasteiger partial charge in [0.25, 0.3) is 0 Å². The fourth-order valence-electron chi connectivity index (χ4n) is 12.8. The summed E-state index contributed by atoms with van der Waals surface area (Å²) in [5.41, 5.74) is 2.58. The van der Waals surface area contributed by atoms with Crippen molar-refractivity contribution < 1.29 is 91.7 Å². The first-order chi connectivity index (χ1) is 49.6. The third kappa shape index (κ3) is 20.3. The summed E-state index contributed by atoms with van der Waals surface area (Å²) < 4.78 is 105. The third-order valence-corrected chi connectivity index (χ3v) is 30.3.